The first kappa shape index (κ1) is 9.90. The van der Waals surface area contributed by atoms with Crippen LogP contribution in [0.3, 0.4) is 0 Å². The van der Waals surface area contributed by atoms with Crippen LogP contribution in [0, 0.1) is 0 Å². The average Bonchev–Trinajstić information content (AvgIpc) is 2.03. The third kappa shape index (κ3) is 4.32. The van der Waals surface area contributed by atoms with E-state index in [1.807, 2.05) is 0 Å². The van der Waals surface area contributed by atoms with Gasteiger partial charge in [0.15, 0.2) is 0 Å². The first-order valence-corrected chi connectivity index (χ1v) is 3.21. The predicted octanol–water partition coefficient (Wildman–Crippen LogP) is -1.50. The van der Waals surface area contributed by atoms with Crippen molar-refractivity contribution in [2.75, 3.05) is 27.3 Å². The van der Waals surface area contributed by atoms with Gasteiger partial charge in [-0.15, -0.1) is 0 Å². The van der Waals surface area contributed by atoms with Gasteiger partial charge in [0.2, 0.25) is 0 Å². The fourth-order valence-corrected chi connectivity index (χ4v) is 0.460. The van der Waals surface area contributed by atoms with E-state index < -0.39 is 11.8 Å². The Kier molecular flexibility index (Phi) is 5.10. The first-order chi connectivity index (χ1) is 5.22. The molecule has 64 valence electrons. The zero-order chi connectivity index (χ0) is 8.69. The van der Waals surface area contributed by atoms with Crippen molar-refractivity contribution in [3.8, 4) is 0 Å². The first-order valence-electron chi connectivity index (χ1n) is 3.21. The summed E-state index contributed by atoms with van der Waals surface area (Å²) in [6.07, 6.45) is 0. The topological polar surface area (TPSA) is 67.4 Å². The molecule has 2 N–H and O–H groups in total. The van der Waals surface area contributed by atoms with Crippen LogP contribution in [0.4, 0.5) is 0 Å². The Morgan fingerprint density at radius 3 is 2.45 bits per heavy atom. The van der Waals surface area contributed by atoms with E-state index in [0.29, 0.717) is 13.2 Å². The molecule has 0 rings (SSSR count). The molecule has 5 nitrogen and oxygen atoms in total. The van der Waals surface area contributed by atoms with E-state index in [9.17, 15) is 9.59 Å². The normalized spacial score (nSPS) is 8.91. The van der Waals surface area contributed by atoms with E-state index in [-0.39, 0.29) is 0 Å². The summed E-state index contributed by atoms with van der Waals surface area (Å²) in [4.78, 5) is 21.2. The summed E-state index contributed by atoms with van der Waals surface area (Å²) in [6.45, 7) is 0.755. The lowest BCUT2D eigenvalue weighted by Gasteiger charge is -2.01. The van der Waals surface area contributed by atoms with Crippen molar-refractivity contribution < 1.29 is 14.3 Å². The van der Waals surface area contributed by atoms with Gasteiger partial charge in [0, 0.05) is 20.7 Å². The van der Waals surface area contributed by atoms with Crippen LogP contribution < -0.4 is 10.6 Å². The predicted molar refractivity (Wildman–Crippen MR) is 39.0 cm³/mol. The average molecular weight is 160 g/mol. The van der Waals surface area contributed by atoms with Gasteiger partial charge >= 0.3 is 11.8 Å². The number of carbonyl (C=O) groups is 2. The van der Waals surface area contributed by atoms with Crippen molar-refractivity contribution in [1.82, 2.24) is 10.6 Å². The zero-order valence-electron chi connectivity index (χ0n) is 6.64. The molecule has 0 aliphatic heterocycles. The Labute approximate surface area is 65.1 Å². The van der Waals surface area contributed by atoms with Crippen molar-refractivity contribution in [3.05, 3.63) is 0 Å². The second-order valence-electron chi connectivity index (χ2n) is 1.83. The van der Waals surface area contributed by atoms with Crippen LogP contribution in [-0.2, 0) is 14.3 Å². The lowest BCUT2D eigenvalue weighted by atomic mass is 10.5. The zero-order valence-corrected chi connectivity index (χ0v) is 6.64. The van der Waals surface area contributed by atoms with Crippen LogP contribution in [0.2, 0.25) is 0 Å². The molecule has 0 unspecified atom stereocenters. The van der Waals surface area contributed by atoms with Gasteiger partial charge in [-0.2, -0.15) is 0 Å². The molecule has 0 saturated carbocycles. The van der Waals surface area contributed by atoms with E-state index in [1.165, 1.54) is 14.2 Å². The van der Waals surface area contributed by atoms with Gasteiger partial charge in [-0.3, -0.25) is 9.59 Å². The fourth-order valence-electron chi connectivity index (χ4n) is 0.460. The summed E-state index contributed by atoms with van der Waals surface area (Å²) in [5.41, 5.74) is 0. The molecule has 5 heteroatoms. The molecule has 0 bridgehead atoms. The molecule has 0 aromatic carbocycles. The number of ether oxygens (including phenoxy) is 1. The number of carbonyl (C=O) groups excluding carboxylic acids is 2. The third-order valence-corrected chi connectivity index (χ3v) is 1.03. The summed E-state index contributed by atoms with van der Waals surface area (Å²) in [6, 6.07) is 0. The van der Waals surface area contributed by atoms with Gasteiger partial charge in [0.25, 0.3) is 0 Å². The second kappa shape index (κ2) is 5.67. The number of amides is 2. The third-order valence-electron chi connectivity index (χ3n) is 1.03. The van der Waals surface area contributed by atoms with E-state index in [1.54, 1.807) is 0 Å². The maximum atomic E-state index is 10.7. The van der Waals surface area contributed by atoms with Crippen LogP contribution in [0.1, 0.15) is 0 Å². The van der Waals surface area contributed by atoms with Gasteiger partial charge in [0.05, 0.1) is 6.61 Å². The standard InChI is InChI=1S/C6H12N2O3/c1-7-5(9)6(10)8-3-4-11-2/h3-4H2,1-2H3,(H,7,9)(H,8,10). The maximum Gasteiger partial charge on any atom is 0.309 e. The smallest absolute Gasteiger partial charge is 0.309 e. The number of likely N-dealkylation sites (N-methyl/N-ethyl adjacent to an activating group) is 1. The molecule has 0 aliphatic rings. The molecule has 0 aliphatic carbocycles. The van der Waals surface area contributed by atoms with Crippen LogP contribution >= 0.6 is 0 Å². The Bertz CT molecular complexity index is 147. The van der Waals surface area contributed by atoms with Crippen molar-refractivity contribution in [2.24, 2.45) is 0 Å². The second-order valence-corrected chi connectivity index (χ2v) is 1.83. The van der Waals surface area contributed by atoms with Crippen molar-refractivity contribution in [1.29, 1.82) is 0 Å². The highest BCUT2D eigenvalue weighted by Gasteiger charge is 2.08. The minimum Gasteiger partial charge on any atom is -0.383 e. The van der Waals surface area contributed by atoms with E-state index in [2.05, 4.69) is 15.4 Å². The van der Waals surface area contributed by atoms with Crippen molar-refractivity contribution in [3.63, 3.8) is 0 Å². The molecule has 2 amide bonds. The molecule has 0 saturated heterocycles. The molecule has 11 heavy (non-hydrogen) atoms. The molecule has 0 radical (unpaired) electrons. The van der Waals surface area contributed by atoms with Crippen LogP contribution in [-0.4, -0.2) is 39.1 Å². The minimum absolute atomic E-state index is 0.350. The maximum absolute atomic E-state index is 10.7. The van der Waals surface area contributed by atoms with E-state index >= 15 is 0 Å². The van der Waals surface area contributed by atoms with E-state index in [0.717, 1.165) is 0 Å². The number of methoxy groups -OCH3 is 1. The Balaban J connectivity index is 3.44. The highest BCUT2D eigenvalue weighted by Crippen LogP contribution is 1.67. The molecular weight excluding hydrogens is 148 g/mol. The summed E-state index contributed by atoms with van der Waals surface area (Å²) in [5.74, 6) is -1.27. The molecule has 0 atom stereocenters. The van der Waals surface area contributed by atoms with Gasteiger partial charge in [0.1, 0.15) is 0 Å². The van der Waals surface area contributed by atoms with Crippen LogP contribution in [0.5, 0.6) is 0 Å². The number of hydrogen-bond donors (Lipinski definition) is 2. The quantitative estimate of drug-likeness (QED) is 0.390. The van der Waals surface area contributed by atoms with Gasteiger partial charge in [-0.05, 0) is 0 Å². The Hall–Kier alpha value is -1.10. The van der Waals surface area contributed by atoms with Crippen LogP contribution in [0.15, 0.2) is 0 Å². The Morgan fingerprint density at radius 2 is 2.00 bits per heavy atom. The van der Waals surface area contributed by atoms with Crippen molar-refractivity contribution >= 4 is 11.8 Å². The summed E-state index contributed by atoms with van der Waals surface area (Å²) >= 11 is 0. The van der Waals surface area contributed by atoms with Gasteiger partial charge in [-0.25, -0.2) is 0 Å². The molecule has 0 heterocycles. The molecule has 0 spiro atoms. The lowest BCUT2D eigenvalue weighted by Crippen LogP contribution is -2.39. The summed E-state index contributed by atoms with van der Waals surface area (Å²) in [5, 5.41) is 4.56. The minimum atomic E-state index is -0.638. The highest BCUT2D eigenvalue weighted by molar-refractivity contribution is 6.34. The van der Waals surface area contributed by atoms with Gasteiger partial charge < -0.3 is 15.4 Å². The Morgan fingerprint density at radius 1 is 1.36 bits per heavy atom. The molecule has 0 fully saturated rings. The fraction of sp³-hybridized carbons (Fsp3) is 0.667. The largest absolute Gasteiger partial charge is 0.383 e. The van der Waals surface area contributed by atoms with E-state index in [4.69, 9.17) is 0 Å². The highest BCUT2D eigenvalue weighted by atomic mass is 16.5. The van der Waals surface area contributed by atoms with Crippen molar-refractivity contribution in [2.45, 2.75) is 0 Å². The van der Waals surface area contributed by atoms with Gasteiger partial charge in [-0.1, -0.05) is 0 Å². The summed E-state index contributed by atoms with van der Waals surface area (Å²) in [7, 11) is 2.92. The SMILES string of the molecule is CNC(=O)C(=O)NCCOC. The number of nitrogens with one attached hydrogen (secondary N) is 2. The lowest BCUT2D eigenvalue weighted by molar-refractivity contribution is -0.138. The van der Waals surface area contributed by atoms with Crippen LogP contribution in [0.25, 0.3) is 0 Å². The number of hydrogen-bond acceptors (Lipinski definition) is 3. The molecule has 0 aromatic heterocycles. The monoisotopic (exact) mass is 160 g/mol. The molecular formula is C6H12N2O3. The number of rotatable bonds is 3. The molecule has 0 aromatic rings. The summed E-state index contributed by atoms with van der Waals surface area (Å²) < 4.78 is 4.66.